The monoisotopic (exact) mass is 222 g/mol. The summed E-state index contributed by atoms with van der Waals surface area (Å²) in [6.07, 6.45) is 0. The van der Waals surface area contributed by atoms with E-state index < -0.39 is 29.1 Å². The van der Waals surface area contributed by atoms with Gasteiger partial charge in [-0.2, -0.15) is 0 Å². The molecule has 1 unspecified atom stereocenters. The molecule has 0 spiro atoms. The Morgan fingerprint density at radius 2 is 2.09 bits per heavy atom. The molecule has 64 valence electrons. The van der Waals surface area contributed by atoms with Gasteiger partial charge in [0.15, 0.2) is 9.76 Å². The van der Waals surface area contributed by atoms with Gasteiger partial charge in [-0.05, 0) is 0 Å². The lowest BCUT2D eigenvalue weighted by molar-refractivity contribution is 0.423. The predicted molar refractivity (Wildman–Crippen MR) is 57.8 cm³/mol. The van der Waals surface area contributed by atoms with Crippen molar-refractivity contribution in [3.8, 4) is 0 Å². The van der Waals surface area contributed by atoms with Gasteiger partial charge in [-0.15, -0.1) is 13.2 Å². The molecule has 0 bridgehead atoms. The molecular weight excluding hydrogens is 208 g/mol. The molecule has 0 aliphatic carbocycles. The first-order valence-electron chi connectivity index (χ1n) is 3.30. The number of hydrogen-bond acceptors (Lipinski definition) is 3. The van der Waals surface area contributed by atoms with E-state index >= 15 is 0 Å². The average Bonchev–Trinajstić information content (AvgIpc) is 2.05. The zero-order valence-electron chi connectivity index (χ0n) is 6.79. The largest absolute Gasteiger partial charge is 0.449 e. The SMILES string of the molecule is C=C[SiH2]O[SiH](C=C)O[SiH2]O[SiH3]. The molecule has 0 heterocycles. The fourth-order valence-electron chi connectivity index (χ4n) is 0.482. The summed E-state index contributed by atoms with van der Waals surface area (Å²) in [4.78, 5) is 0. The third-order valence-electron chi connectivity index (χ3n) is 0.921. The van der Waals surface area contributed by atoms with Gasteiger partial charge >= 0.3 is 9.28 Å². The third-order valence-corrected chi connectivity index (χ3v) is 6.43. The zero-order valence-corrected chi connectivity index (χ0v) is 12.8. The van der Waals surface area contributed by atoms with Crippen molar-refractivity contribution >= 4 is 39.5 Å². The molecule has 0 radical (unpaired) electrons. The van der Waals surface area contributed by atoms with Gasteiger partial charge in [-0.3, -0.25) is 0 Å². The molecule has 3 nitrogen and oxygen atoms in total. The summed E-state index contributed by atoms with van der Waals surface area (Å²) in [5.41, 5.74) is 3.63. The molecule has 0 saturated carbocycles. The molecule has 0 aromatic rings. The Balaban J connectivity index is 3.40. The Hall–Kier alpha value is 0.228. The molecule has 0 aromatic heterocycles. The van der Waals surface area contributed by atoms with Crippen LogP contribution in [0.5, 0.6) is 0 Å². The van der Waals surface area contributed by atoms with Crippen LogP contribution in [0.1, 0.15) is 0 Å². The van der Waals surface area contributed by atoms with Crippen LogP contribution in [0.2, 0.25) is 0 Å². The highest BCUT2D eigenvalue weighted by Gasteiger charge is 2.05. The lowest BCUT2D eigenvalue weighted by Crippen LogP contribution is -2.24. The van der Waals surface area contributed by atoms with E-state index in [1.807, 2.05) is 5.70 Å². The Morgan fingerprint density at radius 1 is 1.36 bits per heavy atom. The van der Waals surface area contributed by atoms with Crippen molar-refractivity contribution in [1.29, 1.82) is 0 Å². The van der Waals surface area contributed by atoms with Crippen molar-refractivity contribution in [2.45, 2.75) is 0 Å². The van der Waals surface area contributed by atoms with E-state index in [1.165, 1.54) is 0 Å². The van der Waals surface area contributed by atoms with Crippen LogP contribution in [0, 0.1) is 0 Å². The van der Waals surface area contributed by atoms with E-state index in [4.69, 9.17) is 12.3 Å². The quantitative estimate of drug-likeness (QED) is 0.446. The molecule has 0 amide bonds. The van der Waals surface area contributed by atoms with Crippen molar-refractivity contribution in [1.82, 2.24) is 0 Å². The van der Waals surface area contributed by atoms with E-state index in [0.29, 0.717) is 0 Å². The summed E-state index contributed by atoms with van der Waals surface area (Å²) in [6, 6.07) is 0. The molecule has 0 saturated heterocycles. The second-order valence-corrected chi connectivity index (χ2v) is 9.13. The van der Waals surface area contributed by atoms with Gasteiger partial charge in [0.05, 0.1) is 0 Å². The molecule has 0 aliphatic rings. The van der Waals surface area contributed by atoms with Crippen LogP contribution < -0.4 is 0 Å². The van der Waals surface area contributed by atoms with Crippen LogP contribution in [0.15, 0.2) is 24.6 Å². The minimum Gasteiger partial charge on any atom is -0.449 e. The summed E-state index contributed by atoms with van der Waals surface area (Å²) in [5.74, 6) is 0. The minimum absolute atomic E-state index is 0.557. The van der Waals surface area contributed by atoms with Gasteiger partial charge < -0.3 is 12.3 Å². The molecule has 0 aliphatic heterocycles. The molecule has 0 aromatic carbocycles. The van der Waals surface area contributed by atoms with E-state index in [0.717, 1.165) is 10.5 Å². The van der Waals surface area contributed by atoms with Gasteiger partial charge in [0, 0.05) is 0 Å². The van der Waals surface area contributed by atoms with E-state index in [2.05, 4.69) is 13.2 Å². The van der Waals surface area contributed by atoms with Crippen molar-refractivity contribution in [2.24, 2.45) is 0 Å². The van der Waals surface area contributed by atoms with Crippen LogP contribution in [0.4, 0.5) is 0 Å². The first-order chi connectivity index (χ1) is 5.35. The number of hydrogen-bond donors (Lipinski definition) is 0. The molecule has 1 atom stereocenters. The zero-order chi connectivity index (χ0) is 8.53. The van der Waals surface area contributed by atoms with Crippen molar-refractivity contribution in [2.75, 3.05) is 0 Å². The molecule has 7 heteroatoms. The molecule has 11 heavy (non-hydrogen) atoms. The normalized spacial score (nSPS) is 14.9. The highest BCUT2D eigenvalue weighted by Crippen LogP contribution is 1.87. The van der Waals surface area contributed by atoms with Crippen molar-refractivity contribution < 1.29 is 12.3 Å². The van der Waals surface area contributed by atoms with Gasteiger partial charge in [0.25, 0.3) is 10.0 Å². The highest BCUT2D eigenvalue weighted by molar-refractivity contribution is 6.62. The lowest BCUT2D eigenvalue weighted by atomic mass is 11.3. The standard InChI is InChI=1S/C4H14O3Si4/c1-3-9-6-11(4-2)7-10-5-8/h3-4,11H,1-2,9-10H2,8H3. The smallest absolute Gasteiger partial charge is 0.328 e. The summed E-state index contributed by atoms with van der Waals surface area (Å²) in [7, 11) is -2.08. The minimum atomic E-state index is -1.53. The van der Waals surface area contributed by atoms with Crippen molar-refractivity contribution in [3.05, 3.63) is 24.6 Å². The summed E-state index contributed by atoms with van der Waals surface area (Å²) < 4.78 is 15.8. The Kier molecular flexibility index (Phi) is 8.50. The Morgan fingerprint density at radius 3 is 2.55 bits per heavy atom. The maximum Gasteiger partial charge on any atom is 0.328 e. The fourth-order valence-corrected chi connectivity index (χ4v) is 6.43. The van der Waals surface area contributed by atoms with E-state index in [-0.39, 0.29) is 0 Å². The average molecular weight is 222 g/mol. The summed E-state index contributed by atoms with van der Waals surface area (Å²) in [5, 5.41) is 0. The third kappa shape index (κ3) is 6.62. The summed E-state index contributed by atoms with van der Waals surface area (Å²) in [6.45, 7) is 7.25. The van der Waals surface area contributed by atoms with E-state index in [1.54, 1.807) is 5.70 Å². The van der Waals surface area contributed by atoms with E-state index in [9.17, 15) is 0 Å². The predicted octanol–water partition coefficient (Wildman–Crippen LogP) is -2.51. The van der Waals surface area contributed by atoms with Crippen LogP contribution in [0.25, 0.3) is 0 Å². The topological polar surface area (TPSA) is 27.7 Å². The number of rotatable bonds is 7. The van der Waals surface area contributed by atoms with Crippen LogP contribution in [-0.4, -0.2) is 39.5 Å². The second-order valence-electron chi connectivity index (χ2n) is 1.80. The van der Waals surface area contributed by atoms with Gasteiger partial charge in [-0.1, -0.05) is 11.4 Å². The maximum absolute atomic E-state index is 5.43. The van der Waals surface area contributed by atoms with Crippen LogP contribution in [0.3, 0.4) is 0 Å². The first-order valence-corrected chi connectivity index (χ1v) is 8.28. The van der Waals surface area contributed by atoms with Gasteiger partial charge in [-0.25, -0.2) is 0 Å². The summed E-state index contributed by atoms with van der Waals surface area (Å²) >= 11 is 0. The molecule has 0 rings (SSSR count). The lowest BCUT2D eigenvalue weighted by Gasteiger charge is -2.10. The highest BCUT2D eigenvalue weighted by atomic mass is 28.4. The Bertz CT molecular complexity index is 120. The fraction of sp³-hybridized carbons (Fsp3) is 0. The molecule has 0 N–H and O–H groups in total. The second kappa shape index (κ2) is 8.33. The Labute approximate surface area is 76.8 Å². The molecule has 0 fully saturated rings. The molecular formula is C4H14O3Si4. The first kappa shape index (κ1) is 11.2. The van der Waals surface area contributed by atoms with Gasteiger partial charge in [0.2, 0.25) is 0 Å². The van der Waals surface area contributed by atoms with Crippen molar-refractivity contribution in [3.63, 3.8) is 0 Å². The van der Waals surface area contributed by atoms with Crippen LogP contribution >= 0.6 is 0 Å². The maximum atomic E-state index is 5.43. The van der Waals surface area contributed by atoms with Crippen LogP contribution in [-0.2, 0) is 12.3 Å². The van der Waals surface area contributed by atoms with Gasteiger partial charge in [0.1, 0.15) is 10.5 Å².